The second kappa shape index (κ2) is 8.09. The topological polar surface area (TPSA) is 70.2 Å². The number of carbonyl (C=O) groups is 1. The lowest BCUT2D eigenvalue weighted by atomic mass is 10.2. The van der Waals surface area contributed by atoms with Crippen molar-refractivity contribution in [1.82, 2.24) is 10.2 Å². The maximum atomic E-state index is 12.0. The van der Waals surface area contributed by atoms with Gasteiger partial charge in [-0.2, -0.15) is 0 Å². The molecule has 2 N–H and O–H groups in total. The molecule has 1 heterocycles. The smallest absolute Gasteiger partial charge is 0.325 e. The van der Waals surface area contributed by atoms with Gasteiger partial charge in [0.2, 0.25) is 10.3 Å². The summed E-state index contributed by atoms with van der Waals surface area (Å²) in [7, 11) is 1.94. The van der Waals surface area contributed by atoms with Crippen molar-refractivity contribution in [3.8, 4) is 0 Å². The highest BCUT2D eigenvalue weighted by atomic mass is 79.9. The van der Waals surface area contributed by atoms with Crippen LogP contribution in [0.15, 0.2) is 59.1 Å². The van der Waals surface area contributed by atoms with Crippen LogP contribution in [0.4, 0.5) is 20.7 Å². The van der Waals surface area contributed by atoms with E-state index < -0.39 is 0 Å². The largest absolute Gasteiger partial charge is 0.345 e. The molecule has 0 radical (unpaired) electrons. The Morgan fingerprint density at radius 3 is 2.52 bits per heavy atom. The zero-order valence-corrected chi connectivity index (χ0v) is 15.8. The van der Waals surface area contributed by atoms with Crippen LogP contribution >= 0.6 is 27.3 Å². The summed E-state index contributed by atoms with van der Waals surface area (Å²) in [5.74, 6) is 0. The van der Waals surface area contributed by atoms with Gasteiger partial charge >= 0.3 is 6.03 Å². The Labute approximate surface area is 158 Å². The number of nitrogens with zero attached hydrogens (tertiary/aromatic N) is 3. The number of anilines is 3. The van der Waals surface area contributed by atoms with Crippen molar-refractivity contribution in [3.05, 3.63) is 64.6 Å². The highest BCUT2D eigenvalue weighted by Gasteiger charge is 2.11. The van der Waals surface area contributed by atoms with E-state index in [0.717, 1.165) is 16.1 Å². The van der Waals surface area contributed by atoms with Crippen molar-refractivity contribution in [2.45, 2.75) is 6.54 Å². The van der Waals surface area contributed by atoms with Gasteiger partial charge in [0.25, 0.3) is 0 Å². The van der Waals surface area contributed by atoms with Gasteiger partial charge in [0, 0.05) is 23.8 Å². The van der Waals surface area contributed by atoms with E-state index in [1.807, 2.05) is 54.4 Å². The third kappa shape index (κ3) is 5.01. The zero-order chi connectivity index (χ0) is 17.6. The van der Waals surface area contributed by atoms with Gasteiger partial charge in [0.15, 0.2) is 0 Å². The number of benzene rings is 2. The summed E-state index contributed by atoms with van der Waals surface area (Å²) < 4.78 is 0.952. The molecule has 0 spiro atoms. The number of carbonyl (C=O) groups excluding carboxylic acids is 1. The zero-order valence-electron chi connectivity index (χ0n) is 13.4. The first-order valence-corrected chi connectivity index (χ1v) is 9.13. The standard InChI is InChI=1S/C17H16BrN5OS/c1-23(11-12-5-3-2-4-6-12)17-22-21-16(25-17)20-15(24)19-14-9-7-13(18)8-10-14/h2-10H,11H2,1H3,(H2,19,20,21,24). The molecule has 1 aromatic heterocycles. The summed E-state index contributed by atoms with van der Waals surface area (Å²) in [6.45, 7) is 0.723. The number of amides is 2. The van der Waals surface area contributed by atoms with Crippen LogP contribution in [0.1, 0.15) is 5.56 Å². The van der Waals surface area contributed by atoms with Gasteiger partial charge in [-0.3, -0.25) is 5.32 Å². The number of rotatable bonds is 5. The lowest BCUT2D eigenvalue weighted by molar-refractivity contribution is 0.262. The average molecular weight is 418 g/mol. The van der Waals surface area contributed by atoms with Crippen LogP contribution in [-0.2, 0) is 6.54 Å². The van der Waals surface area contributed by atoms with Gasteiger partial charge in [0.1, 0.15) is 0 Å². The molecular formula is C17H16BrN5OS. The molecule has 2 aromatic carbocycles. The number of hydrogen-bond acceptors (Lipinski definition) is 5. The lowest BCUT2D eigenvalue weighted by Crippen LogP contribution is -2.19. The molecule has 0 atom stereocenters. The average Bonchev–Trinajstić information content (AvgIpc) is 3.06. The molecule has 3 aromatic rings. The lowest BCUT2D eigenvalue weighted by Gasteiger charge is -2.14. The first-order valence-electron chi connectivity index (χ1n) is 7.52. The van der Waals surface area contributed by atoms with E-state index in [0.29, 0.717) is 10.8 Å². The quantitative estimate of drug-likeness (QED) is 0.637. The summed E-state index contributed by atoms with van der Waals surface area (Å²) in [5, 5.41) is 14.8. The Hall–Kier alpha value is -2.45. The first kappa shape index (κ1) is 17.4. The summed E-state index contributed by atoms with van der Waals surface area (Å²) >= 11 is 4.68. The fourth-order valence-corrected chi connectivity index (χ4v) is 3.10. The molecule has 0 bridgehead atoms. The third-order valence-electron chi connectivity index (χ3n) is 3.33. The minimum Gasteiger partial charge on any atom is -0.345 e. The predicted molar refractivity (Wildman–Crippen MR) is 105 cm³/mol. The van der Waals surface area contributed by atoms with Crippen LogP contribution in [0, 0.1) is 0 Å². The Morgan fingerprint density at radius 1 is 1.08 bits per heavy atom. The normalized spacial score (nSPS) is 10.3. The number of halogens is 1. The van der Waals surface area contributed by atoms with Crippen molar-refractivity contribution in [2.75, 3.05) is 22.6 Å². The van der Waals surface area contributed by atoms with E-state index in [2.05, 4.69) is 48.9 Å². The molecule has 0 fully saturated rings. The minimum atomic E-state index is -0.351. The van der Waals surface area contributed by atoms with Gasteiger partial charge in [0.05, 0.1) is 0 Å². The molecule has 8 heteroatoms. The molecule has 3 rings (SSSR count). The Bertz CT molecular complexity index is 838. The monoisotopic (exact) mass is 417 g/mol. The molecule has 128 valence electrons. The fourth-order valence-electron chi connectivity index (χ4n) is 2.14. The minimum absolute atomic E-state index is 0.351. The summed E-state index contributed by atoms with van der Waals surface area (Å²) in [6.07, 6.45) is 0. The molecule has 0 saturated heterocycles. The van der Waals surface area contributed by atoms with Crippen LogP contribution in [0.25, 0.3) is 0 Å². The third-order valence-corrected chi connectivity index (χ3v) is 4.81. The van der Waals surface area contributed by atoms with Crippen molar-refractivity contribution in [3.63, 3.8) is 0 Å². The van der Waals surface area contributed by atoms with E-state index in [1.165, 1.54) is 16.9 Å². The summed E-state index contributed by atoms with van der Waals surface area (Å²) in [5.41, 5.74) is 1.88. The predicted octanol–water partition coefficient (Wildman–Crippen LogP) is 4.58. The first-order chi connectivity index (χ1) is 12.1. The maximum absolute atomic E-state index is 12.0. The van der Waals surface area contributed by atoms with Crippen molar-refractivity contribution >= 4 is 49.2 Å². The van der Waals surface area contributed by atoms with E-state index in [-0.39, 0.29) is 6.03 Å². The molecule has 25 heavy (non-hydrogen) atoms. The highest BCUT2D eigenvalue weighted by Crippen LogP contribution is 2.24. The molecule has 0 unspecified atom stereocenters. The highest BCUT2D eigenvalue weighted by molar-refractivity contribution is 9.10. The number of hydrogen-bond donors (Lipinski definition) is 2. The van der Waals surface area contributed by atoms with E-state index in [4.69, 9.17) is 0 Å². The Balaban J connectivity index is 1.57. The molecule has 2 amide bonds. The van der Waals surface area contributed by atoms with Gasteiger partial charge in [-0.05, 0) is 29.8 Å². The number of nitrogens with one attached hydrogen (secondary N) is 2. The van der Waals surface area contributed by atoms with Crippen LogP contribution in [0.2, 0.25) is 0 Å². The molecule has 6 nitrogen and oxygen atoms in total. The van der Waals surface area contributed by atoms with E-state index in [1.54, 1.807) is 0 Å². The second-order valence-electron chi connectivity index (χ2n) is 5.32. The maximum Gasteiger partial charge on any atom is 0.325 e. The van der Waals surface area contributed by atoms with Gasteiger partial charge in [-0.25, -0.2) is 4.79 Å². The molecule has 0 aliphatic carbocycles. The second-order valence-corrected chi connectivity index (χ2v) is 7.19. The Morgan fingerprint density at radius 2 is 1.80 bits per heavy atom. The molecule has 0 saturated carbocycles. The van der Waals surface area contributed by atoms with Crippen molar-refractivity contribution in [2.24, 2.45) is 0 Å². The van der Waals surface area contributed by atoms with Crippen LogP contribution in [-0.4, -0.2) is 23.3 Å². The summed E-state index contributed by atoms with van der Waals surface area (Å²) in [6, 6.07) is 17.1. The summed E-state index contributed by atoms with van der Waals surface area (Å²) in [4.78, 5) is 14.0. The Kier molecular flexibility index (Phi) is 5.62. The molecular weight excluding hydrogens is 402 g/mol. The van der Waals surface area contributed by atoms with Crippen LogP contribution in [0.3, 0.4) is 0 Å². The number of aromatic nitrogens is 2. The molecule has 0 aliphatic rings. The van der Waals surface area contributed by atoms with Crippen LogP contribution < -0.4 is 15.5 Å². The van der Waals surface area contributed by atoms with Gasteiger partial charge in [-0.1, -0.05) is 57.6 Å². The SMILES string of the molecule is CN(Cc1ccccc1)c1nnc(NC(=O)Nc2ccc(Br)cc2)s1. The molecule has 0 aliphatic heterocycles. The fraction of sp³-hybridized carbons (Fsp3) is 0.118. The van der Waals surface area contributed by atoms with Crippen LogP contribution in [0.5, 0.6) is 0 Å². The van der Waals surface area contributed by atoms with E-state index in [9.17, 15) is 4.79 Å². The van der Waals surface area contributed by atoms with Gasteiger partial charge in [-0.15, -0.1) is 10.2 Å². The van der Waals surface area contributed by atoms with Gasteiger partial charge < -0.3 is 10.2 Å². The van der Waals surface area contributed by atoms with Crippen molar-refractivity contribution < 1.29 is 4.79 Å². The number of urea groups is 1. The van der Waals surface area contributed by atoms with E-state index >= 15 is 0 Å². The van der Waals surface area contributed by atoms with Crippen molar-refractivity contribution in [1.29, 1.82) is 0 Å².